The van der Waals surface area contributed by atoms with Crippen molar-refractivity contribution in [3.05, 3.63) is 51.5 Å². The SMILES string of the molecule is CCN(Cc1cc(Br)ccc1F)C(=O)c1cc(C(C)C)[nH]n1. The third kappa shape index (κ3) is 3.74. The van der Waals surface area contributed by atoms with Crippen LogP contribution in [0, 0.1) is 5.82 Å². The first kappa shape index (κ1) is 16.7. The summed E-state index contributed by atoms with van der Waals surface area (Å²) >= 11 is 3.32. The monoisotopic (exact) mass is 367 g/mol. The molecule has 0 saturated carbocycles. The maximum Gasteiger partial charge on any atom is 0.274 e. The highest BCUT2D eigenvalue weighted by atomic mass is 79.9. The average molecular weight is 368 g/mol. The second kappa shape index (κ2) is 7.05. The standard InChI is InChI=1S/C16H19BrFN3O/c1-4-21(9-11-7-12(17)5-6-13(11)18)16(22)15-8-14(10(2)3)19-20-15/h5-8,10H,4,9H2,1-3H3,(H,19,20). The summed E-state index contributed by atoms with van der Waals surface area (Å²) in [6.45, 7) is 6.61. The van der Waals surface area contributed by atoms with Crippen LogP contribution in [0.3, 0.4) is 0 Å². The Kier molecular flexibility index (Phi) is 5.34. The van der Waals surface area contributed by atoms with Crippen LogP contribution < -0.4 is 0 Å². The van der Waals surface area contributed by atoms with Crippen LogP contribution in [0.1, 0.15) is 48.4 Å². The fourth-order valence-electron chi connectivity index (χ4n) is 2.10. The Bertz CT molecular complexity index is 669. The predicted molar refractivity (Wildman–Crippen MR) is 87.2 cm³/mol. The lowest BCUT2D eigenvalue weighted by Gasteiger charge is -2.20. The van der Waals surface area contributed by atoms with E-state index in [0.29, 0.717) is 17.8 Å². The molecule has 4 nitrogen and oxygen atoms in total. The Morgan fingerprint density at radius 1 is 1.41 bits per heavy atom. The molecular formula is C16H19BrFN3O. The van der Waals surface area contributed by atoms with Crippen LogP contribution in [0.15, 0.2) is 28.7 Å². The molecular weight excluding hydrogens is 349 g/mol. The molecule has 0 aliphatic carbocycles. The van der Waals surface area contributed by atoms with Crippen molar-refractivity contribution in [3.8, 4) is 0 Å². The predicted octanol–water partition coefficient (Wildman–Crippen LogP) is 4.10. The number of rotatable bonds is 5. The second-order valence-corrected chi connectivity index (χ2v) is 6.33. The van der Waals surface area contributed by atoms with Gasteiger partial charge in [0.2, 0.25) is 0 Å². The van der Waals surface area contributed by atoms with Gasteiger partial charge in [-0.05, 0) is 37.1 Å². The Morgan fingerprint density at radius 2 is 2.14 bits per heavy atom. The van der Waals surface area contributed by atoms with Gasteiger partial charge in [0.1, 0.15) is 11.5 Å². The molecule has 0 radical (unpaired) electrons. The summed E-state index contributed by atoms with van der Waals surface area (Å²) in [7, 11) is 0. The van der Waals surface area contributed by atoms with Gasteiger partial charge < -0.3 is 4.90 Å². The van der Waals surface area contributed by atoms with Gasteiger partial charge in [-0.25, -0.2) is 4.39 Å². The molecule has 0 fully saturated rings. The van der Waals surface area contributed by atoms with Gasteiger partial charge in [-0.15, -0.1) is 0 Å². The summed E-state index contributed by atoms with van der Waals surface area (Å²) in [4.78, 5) is 14.1. The molecule has 1 heterocycles. The van der Waals surface area contributed by atoms with Gasteiger partial charge in [-0.2, -0.15) is 5.10 Å². The summed E-state index contributed by atoms with van der Waals surface area (Å²) in [6.07, 6.45) is 0. The number of aromatic nitrogens is 2. The second-order valence-electron chi connectivity index (χ2n) is 5.42. The molecule has 0 saturated heterocycles. The van der Waals surface area contributed by atoms with Gasteiger partial charge >= 0.3 is 0 Å². The molecule has 6 heteroatoms. The van der Waals surface area contributed by atoms with Crippen LogP contribution in [0.4, 0.5) is 4.39 Å². The van der Waals surface area contributed by atoms with E-state index in [0.717, 1.165) is 10.2 Å². The maximum absolute atomic E-state index is 13.9. The molecule has 118 valence electrons. The molecule has 1 amide bonds. The quantitative estimate of drug-likeness (QED) is 0.864. The summed E-state index contributed by atoms with van der Waals surface area (Å²) in [6, 6.07) is 6.48. The van der Waals surface area contributed by atoms with E-state index in [1.807, 2.05) is 20.8 Å². The normalized spacial score (nSPS) is 11.0. The zero-order chi connectivity index (χ0) is 16.3. The lowest BCUT2D eigenvalue weighted by atomic mass is 10.1. The highest BCUT2D eigenvalue weighted by Gasteiger charge is 2.19. The minimum atomic E-state index is -0.320. The zero-order valence-electron chi connectivity index (χ0n) is 12.9. The molecule has 1 aromatic carbocycles. The van der Waals surface area contributed by atoms with E-state index >= 15 is 0 Å². The van der Waals surface area contributed by atoms with Gasteiger partial charge in [0.05, 0.1) is 0 Å². The number of carbonyl (C=O) groups is 1. The van der Waals surface area contributed by atoms with Crippen molar-refractivity contribution >= 4 is 21.8 Å². The van der Waals surface area contributed by atoms with Crippen molar-refractivity contribution in [3.63, 3.8) is 0 Å². The summed E-state index contributed by atoms with van der Waals surface area (Å²) in [5, 5.41) is 6.94. The first-order valence-electron chi connectivity index (χ1n) is 7.20. The van der Waals surface area contributed by atoms with Crippen LogP contribution in [0.2, 0.25) is 0 Å². The number of halogens is 2. The third-order valence-corrected chi connectivity index (χ3v) is 3.97. The third-order valence-electron chi connectivity index (χ3n) is 3.48. The first-order valence-corrected chi connectivity index (χ1v) is 8.00. The lowest BCUT2D eigenvalue weighted by Crippen LogP contribution is -2.31. The van der Waals surface area contributed by atoms with Gasteiger partial charge in [0.15, 0.2) is 0 Å². The number of hydrogen-bond donors (Lipinski definition) is 1. The zero-order valence-corrected chi connectivity index (χ0v) is 14.4. The highest BCUT2D eigenvalue weighted by molar-refractivity contribution is 9.10. The molecule has 0 atom stereocenters. The minimum absolute atomic E-state index is 0.204. The van der Waals surface area contributed by atoms with Crippen LogP contribution >= 0.6 is 15.9 Å². The Morgan fingerprint density at radius 3 is 2.73 bits per heavy atom. The number of H-pyrrole nitrogens is 1. The molecule has 2 rings (SSSR count). The molecule has 2 aromatic rings. The highest BCUT2D eigenvalue weighted by Crippen LogP contribution is 2.19. The smallest absolute Gasteiger partial charge is 0.274 e. The van der Waals surface area contributed by atoms with E-state index in [-0.39, 0.29) is 24.2 Å². The fraction of sp³-hybridized carbons (Fsp3) is 0.375. The number of nitrogens with one attached hydrogen (secondary N) is 1. The Balaban J connectivity index is 2.19. The summed E-state index contributed by atoms with van der Waals surface area (Å²) in [5.74, 6) is -0.254. The van der Waals surface area contributed by atoms with E-state index in [4.69, 9.17) is 0 Å². The van der Waals surface area contributed by atoms with Crippen molar-refractivity contribution in [1.29, 1.82) is 0 Å². The lowest BCUT2D eigenvalue weighted by molar-refractivity contribution is 0.0745. The van der Waals surface area contributed by atoms with Crippen LogP contribution in [0.25, 0.3) is 0 Å². The molecule has 0 aliphatic rings. The van der Waals surface area contributed by atoms with E-state index < -0.39 is 0 Å². The molecule has 1 N–H and O–H groups in total. The molecule has 1 aromatic heterocycles. The number of hydrogen-bond acceptors (Lipinski definition) is 2. The summed E-state index contributed by atoms with van der Waals surface area (Å²) in [5.41, 5.74) is 1.75. The Hall–Kier alpha value is -1.69. The molecule has 0 unspecified atom stereocenters. The van der Waals surface area contributed by atoms with Gasteiger partial charge in [-0.1, -0.05) is 29.8 Å². The van der Waals surface area contributed by atoms with Gasteiger partial charge in [-0.3, -0.25) is 9.89 Å². The number of carbonyl (C=O) groups excluding carboxylic acids is 1. The van der Waals surface area contributed by atoms with Crippen molar-refractivity contribution < 1.29 is 9.18 Å². The maximum atomic E-state index is 13.9. The topological polar surface area (TPSA) is 49.0 Å². The van der Waals surface area contributed by atoms with Crippen molar-refractivity contribution in [2.24, 2.45) is 0 Å². The van der Waals surface area contributed by atoms with E-state index in [2.05, 4.69) is 26.1 Å². The fourth-order valence-corrected chi connectivity index (χ4v) is 2.51. The summed E-state index contributed by atoms with van der Waals surface area (Å²) < 4.78 is 14.6. The van der Waals surface area contributed by atoms with Crippen molar-refractivity contribution in [2.45, 2.75) is 33.2 Å². The molecule has 0 aliphatic heterocycles. The van der Waals surface area contributed by atoms with Crippen LogP contribution in [-0.2, 0) is 6.54 Å². The van der Waals surface area contributed by atoms with E-state index in [1.54, 1.807) is 23.1 Å². The largest absolute Gasteiger partial charge is 0.333 e. The average Bonchev–Trinajstić information content (AvgIpc) is 2.97. The molecule has 0 spiro atoms. The molecule has 0 bridgehead atoms. The first-order chi connectivity index (χ1) is 10.4. The number of nitrogens with zero attached hydrogens (tertiary/aromatic N) is 2. The minimum Gasteiger partial charge on any atom is -0.333 e. The van der Waals surface area contributed by atoms with Crippen LogP contribution in [0.5, 0.6) is 0 Å². The van der Waals surface area contributed by atoms with E-state index in [9.17, 15) is 9.18 Å². The Labute approximate surface area is 137 Å². The number of benzene rings is 1. The number of aromatic amines is 1. The number of amides is 1. The molecule has 22 heavy (non-hydrogen) atoms. The van der Waals surface area contributed by atoms with Gasteiger partial charge in [0.25, 0.3) is 5.91 Å². The van der Waals surface area contributed by atoms with E-state index in [1.165, 1.54) is 6.07 Å². The van der Waals surface area contributed by atoms with Gasteiger partial charge in [0, 0.05) is 28.8 Å². The van der Waals surface area contributed by atoms with Crippen LogP contribution in [-0.4, -0.2) is 27.5 Å². The van der Waals surface area contributed by atoms with Crippen molar-refractivity contribution in [1.82, 2.24) is 15.1 Å². The van der Waals surface area contributed by atoms with Crippen molar-refractivity contribution in [2.75, 3.05) is 6.54 Å².